The quantitative estimate of drug-likeness (QED) is 0.355. The first kappa shape index (κ1) is 28.4. The van der Waals surface area contributed by atoms with Gasteiger partial charge in [-0.05, 0) is 97.8 Å². The fraction of sp³-hybridized carbons (Fsp3) is 0.276. The molecule has 9 heteroatoms. The van der Waals surface area contributed by atoms with E-state index in [0.717, 1.165) is 23.3 Å². The Kier molecular flexibility index (Phi) is 8.00. The van der Waals surface area contributed by atoms with Crippen LogP contribution in [0.2, 0.25) is 0 Å². The van der Waals surface area contributed by atoms with Gasteiger partial charge in [0.1, 0.15) is 5.92 Å². The van der Waals surface area contributed by atoms with Gasteiger partial charge in [0.2, 0.25) is 0 Å². The number of aromatic carboxylic acids is 1. The van der Waals surface area contributed by atoms with E-state index in [-0.39, 0.29) is 33.5 Å². The lowest BCUT2D eigenvalue weighted by atomic mass is 9.82. The van der Waals surface area contributed by atoms with Crippen LogP contribution in [-0.2, 0) is 0 Å². The molecule has 0 aliphatic rings. The SMILES string of the molecule is CNC(=O)c1ccc(C(=O)O)c(C(=O)Nc2ccc(C(c3ccc(C)c(C)c3C)C(F)(F)F)c(C)c2C)c1. The molecule has 38 heavy (non-hydrogen) atoms. The van der Waals surface area contributed by atoms with Gasteiger partial charge < -0.3 is 15.7 Å². The van der Waals surface area contributed by atoms with Gasteiger partial charge in [-0.1, -0.05) is 18.2 Å². The molecule has 0 radical (unpaired) electrons. The second-order valence-electron chi connectivity index (χ2n) is 9.25. The Morgan fingerprint density at radius 2 is 1.34 bits per heavy atom. The van der Waals surface area contributed by atoms with E-state index in [9.17, 15) is 32.7 Å². The zero-order chi connectivity index (χ0) is 28.5. The molecule has 3 aromatic carbocycles. The van der Waals surface area contributed by atoms with Crippen molar-refractivity contribution in [3.63, 3.8) is 0 Å². The third-order valence-electron chi connectivity index (χ3n) is 7.11. The topological polar surface area (TPSA) is 95.5 Å². The standard InChI is InChI=1S/C29H29F3N2O4/c1-14-7-9-20(16(3)15(14)2)25(29(30,31)32)21-11-12-24(18(5)17(21)4)34-27(36)23-13-19(26(35)33-6)8-10-22(23)28(37)38/h7-13,25H,1-6H3,(H,33,35)(H,34,36)(H,37,38). The van der Waals surface area contributed by atoms with Crippen molar-refractivity contribution in [2.45, 2.75) is 46.7 Å². The Balaban J connectivity index is 2.07. The Morgan fingerprint density at radius 1 is 0.763 bits per heavy atom. The van der Waals surface area contributed by atoms with Crippen molar-refractivity contribution in [2.24, 2.45) is 0 Å². The lowest BCUT2D eigenvalue weighted by molar-refractivity contribution is -0.141. The first-order valence-electron chi connectivity index (χ1n) is 11.8. The number of hydrogen-bond donors (Lipinski definition) is 3. The molecule has 2 amide bonds. The molecule has 1 unspecified atom stereocenters. The summed E-state index contributed by atoms with van der Waals surface area (Å²) in [5.41, 5.74) is 3.00. The molecule has 3 N–H and O–H groups in total. The second kappa shape index (κ2) is 10.7. The van der Waals surface area contributed by atoms with Crippen LogP contribution < -0.4 is 10.6 Å². The number of halogens is 3. The Morgan fingerprint density at radius 3 is 1.89 bits per heavy atom. The fourth-order valence-corrected chi connectivity index (χ4v) is 4.49. The number of aryl methyl sites for hydroxylation is 1. The Labute approximate surface area is 218 Å². The third-order valence-corrected chi connectivity index (χ3v) is 7.11. The minimum Gasteiger partial charge on any atom is -0.478 e. The van der Waals surface area contributed by atoms with Crippen LogP contribution in [-0.4, -0.2) is 36.1 Å². The van der Waals surface area contributed by atoms with Gasteiger partial charge in [0, 0.05) is 18.3 Å². The van der Waals surface area contributed by atoms with Gasteiger partial charge in [-0.2, -0.15) is 13.2 Å². The highest BCUT2D eigenvalue weighted by atomic mass is 19.4. The van der Waals surface area contributed by atoms with Gasteiger partial charge >= 0.3 is 12.1 Å². The van der Waals surface area contributed by atoms with Crippen LogP contribution in [0.4, 0.5) is 18.9 Å². The van der Waals surface area contributed by atoms with Crippen LogP contribution in [0.5, 0.6) is 0 Å². The van der Waals surface area contributed by atoms with E-state index < -0.39 is 29.9 Å². The van der Waals surface area contributed by atoms with Gasteiger partial charge in [-0.15, -0.1) is 0 Å². The maximum Gasteiger partial charge on any atom is 0.399 e. The summed E-state index contributed by atoms with van der Waals surface area (Å²) in [6.07, 6.45) is -4.56. The molecule has 0 saturated heterocycles. The summed E-state index contributed by atoms with van der Waals surface area (Å²) in [4.78, 5) is 36.8. The summed E-state index contributed by atoms with van der Waals surface area (Å²) in [6, 6.07) is 9.51. The van der Waals surface area contributed by atoms with E-state index >= 15 is 0 Å². The van der Waals surface area contributed by atoms with Gasteiger partial charge in [-0.25, -0.2) is 4.79 Å². The number of nitrogens with one attached hydrogen (secondary N) is 2. The number of anilines is 1. The highest BCUT2D eigenvalue weighted by Gasteiger charge is 2.43. The monoisotopic (exact) mass is 526 g/mol. The minimum atomic E-state index is -4.56. The van der Waals surface area contributed by atoms with Crippen molar-refractivity contribution < 1.29 is 32.7 Å². The zero-order valence-corrected chi connectivity index (χ0v) is 21.9. The molecular formula is C29H29F3N2O4. The predicted molar refractivity (Wildman–Crippen MR) is 139 cm³/mol. The third kappa shape index (κ3) is 5.41. The minimum absolute atomic E-state index is 0.0622. The molecule has 3 rings (SSSR count). The molecule has 0 heterocycles. The predicted octanol–water partition coefficient (Wildman–Crippen LogP) is 6.23. The molecule has 0 aliphatic carbocycles. The average molecular weight is 527 g/mol. The molecule has 0 saturated carbocycles. The van der Waals surface area contributed by atoms with Gasteiger partial charge in [0.25, 0.3) is 11.8 Å². The van der Waals surface area contributed by atoms with Crippen molar-refractivity contribution >= 4 is 23.5 Å². The van der Waals surface area contributed by atoms with Crippen molar-refractivity contribution in [3.05, 3.63) is 98.1 Å². The van der Waals surface area contributed by atoms with Crippen molar-refractivity contribution in [1.29, 1.82) is 0 Å². The number of benzene rings is 3. The number of rotatable bonds is 6. The summed E-state index contributed by atoms with van der Waals surface area (Å²) in [5, 5.41) is 14.5. The largest absolute Gasteiger partial charge is 0.478 e. The maximum atomic E-state index is 14.4. The van der Waals surface area contributed by atoms with Crippen LogP contribution in [0, 0.1) is 34.6 Å². The van der Waals surface area contributed by atoms with E-state index in [1.165, 1.54) is 31.3 Å². The van der Waals surface area contributed by atoms with Crippen molar-refractivity contribution in [3.8, 4) is 0 Å². The number of carboxylic acid groups (broad SMARTS) is 1. The normalized spacial score (nSPS) is 12.1. The zero-order valence-electron chi connectivity index (χ0n) is 21.9. The maximum absolute atomic E-state index is 14.4. The molecule has 6 nitrogen and oxygen atoms in total. The van der Waals surface area contributed by atoms with E-state index in [0.29, 0.717) is 16.7 Å². The average Bonchev–Trinajstić information content (AvgIpc) is 2.86. The first-order valence-corrected chi connectivity index (χ1v) is 11.8. The van der Waals surface area contributed by atoms with Crippen LogP contribution in [0.15, 0.2) is 42.5 Å². The number of carbonyl (C=O) groups excluding carboxylic acids is 2. The van der Waals surface area contributed by atoms with Crippen LogP contribution in [0.3, 0.4) is 0 Å². The molecule has 0 aromatic heterocycles. The van der Waals surface area contributed by atoms with Crippen LogP contribution in [0.25, 0.3) is 0 Å². The number of alkyl halides is 3. The van der Waals surface area contributed by atoms with E-state index in [2.05, 4.69) is 10.6 Å². The molecule has 0 aliphatic heterocycles. The molecular weight excluding hydrogens is 497 g/mol. The van der Waals surface area contributed by atoms with E-state index in [4.69, 9.17) is 0 Å². The van der Waals surface area contributed by atoms with Crippen LogP contribution >= 0.6 is 0 Å². The number of carbonyl (C=O) groups is 3. The number of hydrogen-bond acceptors (Lipinski definition) is 3. The molecule has 200 valence electrons. The number of carboxylic acids is 1. The number of amides is 2. The van der Waals surface area contributed by atoms with Crippen LogP contribution in [0.1, 0.15) is 75.9 Å². The van der Waals surface area contributed by atoms with E-state index in [1.54, 1.807) is 33.8 Å². The summed E-state index contributed by atoms with van der Waals surface area (Å²) < 4.78 is 43.3. The highest BCUT2D eigenvalue weighted by Crippen LogP contribution is 2.44. The molecule has 1 atom stereocenters. The Hall–Kier alpha value is -4.14. The highest BCUT2D eigenvalue weighted by molar-refractivity contribution is 6.12. The van der Waals surface area contributed by atoms with E-state index in [1.807, 2.05) is 6.92 Å². The lowest BCUT2D eigenvalue weighted by Crippen LogP contribution is -2.25. The van der Waals surface area contributed by atoms with Crippen molar-refractivity contribution in [1.82, 2.24) is 5.32 Å². The second-order valence-corrected chi connectivity index (χ2v) is 9.25. The molecule has 0 bridgehead atoms. The summed E-state index contributed by atoms with van der Waals surface area (Å²) in [5.74, 6) is -4.54. The van der Waals surface area contributed by atoms with Gasteiger partial charge in [0.15, 0.2) is 0 Å². The smallest absolute Gasteiger partial charge is 0.399 e. The van der Waals surface area contributed by atoms with Crippen molar-refractivity contribution in [2.75, 3.05) is 12.4 Å². The first-order chi connectivity index (χ1) is 17.7. The molecule has 0 spiro atoms. The fourth-order valence-electron chi connectivity index (χ4n) is 4.49. The van der Waals surface area contributed by atoms with Gasteiger partial charge in [0.05, 0.1) is 11.1 Å². The van der Waals surface area contributed by atoms with Gasteiger partial charge in [-0.3, -0.25) is 9.59 Å². The molecule has 3 aromatic rings. The summed E-state index contributed by atoms with van der Waals surface area (Å²) >= 11 is 0. The molecule has 0 fully saturated rings. The lowest BCUT2D eigenvalue weighted by Gasteiger charge is -2.27. The summed E-state index contributed by atoms with van der Waals surface area (Å²) in [6.45, 7) is 8.48. The summed E-state index contributed by atoms with van der Waals surface area (Å²) in [7, 11) is 1.40. The Bertz CT molecular complexity index is 1440.